The molecule has 2 nitrogen and oxygen atoms in total. The van der Waals surface area contributed by atoms with Gasteiger partial charge in [-0.1, -0.05) is 206 Å². The number of para-hydroxylation sites is 2. The number of hydrogen-bond donors (Lipinski definition) is 0. The third-order valence-electron chi connectivity index (χ3n) is 12.7. The van der Waals surface area contributed by atoms with Crippen molar-refractivity contribution >= 4 is 60.5 Å². The molecular formula is C62H41NO. The molecule has 300 valence electrons. The molecule has 0 amide bonds. The maximum absolute atomic E-state index is 6.48. The van der Waals surface area contributed by atoms with Crippen LogP contribution in [0, 0.1) is 0 Å². The van der Waals surface area contributed by atoms with Crippen molar-refractivity contribution < 1.29 is 4.42 Å². The first kappa shape index (κ1) is 37.3. The normalized spacial score (nSPS) is 11.4. The Kier molecular flexibility index (Phi) is 9.20. The van der Waals surface area contributed by atoms with Gasteiger partial charge >= 0.3 is 0 Å². The first-order chi connectivity index (χ1) is 31.7. The molecule has 0 radical (unpaired) electrons. The zero-order valence-electron chi connectivity index (χ0n) is 35.0. The third-order valence-corrected chi connectivity index (χ3v) is 12.7. The molecule has 0 saturated carbocycles. The summed E-state index contributed by atoms with van der Waals surface area (Å²) in [7, 11) is 0. The van der Waals surface area contributed by atoms with E-state index >= 15 is 0 Å². The minimum atomic E-state index is 0.900. The summed E-state index contributed by atoms with van der Waals surface area (Å²) in [5, 5.41) is 7.23. The molecule has 0 aliphatic heterocycles. The standard InChI is InChI=1S/C62H41NO/c1-2-13-46(14-3-1)56-39-34-51(50-29-26-42-12-4-5-16-49(42)40-50)41-60(56)63(53-37-32-48(33-38-53)57-21-11-22-59-58-19-8-9-23-61(58)64-62(57)59)52-35-30-44(31-36-52)43-24-27-47(28-25-43)55-20-10-17-45-15-6-7-18-54(45)55/h1-41H. The average molecular weight is 816 g/mol. The average Bonchev–Trinajstić information content (AvgIpc) is 3.76. The van der Waals surface area contributed by atoms with Crippen LogP contribution in [0.1, 0.15) is 0 Å². The smallest absolute Gasteiger partial charge is 0.143 e. The van der Waals surface area contributed by atoms with Gasteiger partial charge in [0.15, 0.2) is 0 Å². The van der Waals surface area contributed by atoms with Crippen molar-refractivity contribution in [3.05, 3.63) is 249 Å². The molecule has 64 heavy (non-hydrogen) atoms. The van der Waals surface area contributed by atoms with Crippen LogP contribution in [0.5, 0.6) is 0 Å². The second-order valence-corrected chi connectivity index (χ2v) is 16.5. The molecule has 12 aromatic rings. The van der Waals surface area contributed by atoms with E-state index in [1.165, 1.54) is 43.8 Å². The lowest BCUT2D eigenvalue weighted by Crippen LogP contribution is -2.11. The monoisotopic (exact) mass is 815 g/mol. The molecule has 0 aliphatic carbocycles. The number of anilines is 3. The lowest BCUT2D eigenvalue weighted by molar-refractivity contribution is 0.670. The Morgan fingerprint density at radius 2 is 0.766 bits per heavy atom. The molecule has 1 heterocycles. The zero-order chi connectivity index (χ0) is 42.4. The maximum atomic E-state index is 6.48. The van der Waals surface area contributed by atoms with E-state index in [-0.39, 0.29) is 0 Å². The Balaban J connectivity index is 0.984. The van der Waals surface area contributed by atoms with Crippen molar-refractivity contribution in [1.82, 2.24) is 0 Å². The van der Waals surface area contributed by atoms with Crippen molar-refractivity contribution in [3.63, 3.8) is 0 Å². The highest BCUT2D eigenvalue weighted by atomic mass is 16.3. The molecule has 0 bridgehead atoms. The molecule has 11 aromatic carbocycles. The van der Waals surface area contributed by atoms with E-state index in [9.17, 15) is 0 Å². The van der Waals surface area contributed by atoms with Crippen molar-refractivity contribution in [2.45, 2.75) is 0 Å². The van der Waals surface area contributed by atoms with Crippen LogP contribution < -0.4 is 4.90 Å². The summed E-state index contributed by atoms with van der Waals surface area (Å²) in [6, 6.07) is 89.8. The molecule has 12 rings (SSSR count). The molecule has 0 saturated heterocycles. The van der Waals surface area contributed by atoms with Gasteiger partial charge < -0.3 is 9.32 Å². The Morgan fingerprint density at radius 1 is 0.266 bits per heavy atom. The van der Waals surface area contributed by atoms with E-state index in [0.29, 0.717) is 0 Å². The van der Waals surface area contributed by atoms with Crippen molar-refractivity contribution in [1.29, 1.82) is 0 Å². The van der Waals surface area contributed by atoms with Gasteiger partial charge in [0.1, 0.15) is 11.2 Å². The Morgan fingerprint density at radius 3 is 1.55 bits per heavy atom. The molecule has 0 unspecified atom stereocenters. The Bertz CT molecular complexity index is 3630. The number of rotatable bonds is 8. The fourth-order valence-corrected chi connectivity index (χ4v) is 9.44. The Hall–Kier alpha value is -8.46. The summed E-state index contributed by atoms with van der Waals surface area (Å²) >= 11 is 0. The fraction of sp³-hybridized carbons (Fsp3) is 0. The summed E-state index contributed by atoms with van der Waals surface area (Å²) in [5.41, 5.74) is 16.6. The van der Waals surface area contributed by atoms with Crippen molar-refractivity contribution in [2.24, 2.45) is 0 Å². The van der Waals surface area contributed by atoms with Gasteiger partial charge in [0.2, 0.25) is 0 Å². The molecule has 0 spiro atoms. The van der Waals surface area contributed by atoms with E-state index in [4.69, 9.17) is 4.42 Å². The minimum absolute atomic E-state index is 0.900. The summed E-state index contributed by atoms with van der Waals surface area (Å²) < 4.78 is 6.48. The Labute approximate surface area is 372 Å². The van der Waals surface area contributed by atoms with Crippen LogP contribution in [0.3, 0.4) is 0 Å². The highest BCUT2D eigenvalue weighted by Crippen LogP contribution is 2.45. The van der Waals surface area contributed by atoms with Gasteiger partial charge in [0.05, 0.1) is 5.69 Å². The van der Waals surface area contributed by atoms with Gasteiger partial charge in [0.25, 0.3) is 0 Å². The molecule has 0 atom stereocenters. The molecule has 0 N–H and O–H groups in total. The predicted molar refractivity (Wildman–Crippen MR) is 271 cm³/mol. The van der Waals surface area contributed by atoms with E-state index in [2.05, 4.69) is 241 Å². The SMILES string of the molecule is c1ccc(-c2ccc(-c3ccc4ccccc4c3)cc2N(c2ccc(-c3ccc(-c4cccc5ccccc45)cc3)cc2)c2ccc(-c3cccc4c3oc3ccccc34)cc2)cc1. The van der Waals surface area contributed by atoms with Crippen LogP contribution in [-0.2, 0) is 0 Å². The summed E-state index contributed by atoms with van der Waals surface area (Å²) in [4.78, 5) is 2.41. The number of hydrogen-bond acceptors (Lipinski definition) is 2. The first-order valence-electron chi connectivity index (χ1n) is 21.9. The van der Waals surface area contributed by atoms with Gasteiger partial charge in [-0.15, -0.1) is 0 Å². The zero-order valence-corrected chi connectivity index (χ0v) is 35.0. The molecule has 0 fully saturated rings. The third kappa shape index (κ3) is 6.70. The van der Waals surface area contributed by atoms with Gasteiger partial charge in [-0.05, 0) is 109 Å². The largest absolute Gasteiger partial charge is 0.455 e. The highest BCUT2D eigenvalue weighted by Gasteiger charge is 2.20. The van der Waals surface area contributed by atoms with Crippen LogP contribution in [0.2, 0.25) is 0 Å². The van der Waals surface area contributed by atoms with Crippen LogP contribution >= 0.6 is 0 Å². The number of nitrogens with zero attached hydrogens (tertiary/aromatic N) is 1. The minimum Gasteiger partial charge on any atom is -0.455 e. The van der Waals surface area contributed by atoms with E-state index in [1.807, 2.05) is 12.1 Å². The highest BCUT2D eigenvalue weighted by molar-refractivity contribution is 6.09. The number of benzene rings is 11. The second kappa shape index (κ2) is 15.8. The molecular weight excluding hydrogens is 775 g/mol. The summed E-state index contributed by atoms with van der Waals surface area (Å²) in [5.74, 6) is 0. The lowest BCUT2D eigenvalue weighted by atomic mass is 9.95. The van der Waals surface area contributed by atoms with E-state index in [0.717, 1.165) is 72.4 Å². The van der Waals surface area contributed by atoms with Gasteiger partial charge in [0, 0.05) is 33.3 Å². The number of furan rings is 1. The van der Waals surface area contributed by atoms with Crippen LogP contribution in [0.4, 0.5) is 17.1 Å². The predicted octanol–water partition coefficient (Wildman–Crippen LogP) is 17.7. The van der Waals surface area contributed by atoms with Crippen LogP contribution in [0.15, 0.2) is 253 Å². The van der Waals surface area contributed by atoms with E-state index < -0.39 is 0 Å². The molecule has 2 heteroatoms. The van der Waals surface area contributed by atoms with Crippen molar-refractivity contribution in [3.8, 4) is 55.6 Å². The van der Waals surface area contributed by atoms with Crippen molar-refractivity contribution in [2.75, 3.05) is 4.90 Å². The fourth-order valence-electron chi connectivity index (χ4n) is 9.44. The topological polar surface area (TPSA) is 16.4 Å². The van der Waals surface area contributed by atoms with Gasteiger partial charge in [-0.2, -0.15) is 0 Å². The quantitative estimate of drug-likeness (QED) is 0.152. The summed E-state index contributed by atoms with van der Waals surface area (Å²) in [6.07, 6.45) is 0. The van der Waals surface area contributed by atoms with Gasteiger partial charge in [-0.3, -0.25) is 0 Å². The van der Waals surface area contributed by atoms with Gasteiger partial charge in [-0.25, -0.2) is 0 Å². The van der Waals surface area contributed by atoms with E-state index in [1.54, 1.807) is 0 Å². The second-order valence-electron chi connectivity index (χ2n) is 16.5. The molecule has 1 aromatic heterocycles. The molecule has 0 aliphatic rings. The first-order valence-corrected chi connectivity index (χ1v) is 21.9. The van der Waals surface area contributed by atoms with Crippen LogP contribution in [0.25, 0.3) is 99.1 Å². The van der Waals surface area contributed by atoms with Crippen LogP contribution in [-0.4, -0.2) is 0 Å². The maximum Gasteiger partial charge on any atom is 0.143 e. The lowest BCUT2D eigenvalue weighted by Gasteiger charge is -2.29. The number of fused-ring (bicyclic) bond motifs is 5. The summed E-state index contributed by atoms with van der Waals surface area (Å²) in [6.45, 7) is 0.